The van der Waals surface area contributed by atoms with E-state index in [-0.39, 0.29) is 24.1 Å². The van der Waals surface area contributed by atoms with E-state index < -0.39 is 17.4 Å². The summed E-state index contributed by atoms with van der Waals surface area (Å²) in [7, 11) is 1.63. The zero-order valence-corrected chi connectivity index (χ0v) is 15.1. The fraction of sp³-hybridized carbons (Fsp3) is 0.316. The number of carbonyl (C=O) groups excluding carboxylic acids is 2. The van der Waals surface area contributed by atoms with Gasteiger partial charge in [-0.2, -0.15) is 15.3 Å². The lowest BCUT2D eigenvalue weighted by atomic mass is 9.96. The SMILES string of the molecule is CN1CC[C@@](O)(C#Cc2cccc(N3N=C(C(N)=O)C4C=NN=CC43)c2)C1=O. The molecule has 0 saturated carbocycles. The molecule has 9 heteroatoms. The van der Waals surface area contributed by atoms with Crippen LogP contribution in [0.25, 0.3) is 0 Å². The van der Waals surface area contributed by atoms with Crippen molar-refractivity contribution in [2.45, 2.75) is 18.1 Å². The molecule has 9 nitrogen and oxygen atoms in total. The average molecular weight is 378 g/mol. The molecule has 2 unspecified atom stereocenters. The number of rotatable bonds is 2. The maximum Gasteiger partial charge on any atom is 0.267 e. The molecule has 3 atom stereocenters. The Morgan fingerprint density at radius 2 is 2.14 bits per heavy atom. The van der Waals surface area contributed by atoms with Gasteiger partial charge < -0.3 is 15.7 Å². The molecule has 3 aliphatic rings. The molecule has 3 heterocycles. The van der Waals surface area contributed by atoms with Gasteiger partial charge in [0.05, 0.1) is 17.8 Å². The molecular formula is C19H18N6O3. The summed E-state index contributed by atoms with van der Waals surface area (Å²) in [5, 5.41) is 24.2. The van der Waals surface area contributed by atoms with Crippen molar-refractivity contribution >= 4 is 35.6 Å². The van der Waals surface area contributed by atoms with Crippen molar-refractivity contribution in [3.8, 4) is 11.8 Å². The number of hydrogen-bond donors (Lipinski definition) is 2. The van der Waals surface area contributed by atoms with Gasteiger partial charge in [-0.25, -0.2) is 0 Å². The number of primary amides is 1. The Balaban J connectivity index is 1.64. The van der Waals surface area contributed by atoms with Gasteiger partial charge >= 0.3 is 0 Å². The normalized spacial score (nSPS) is 28.1. The highest BCUT2D eigenvalue weighted by Crippen LogP contribution is 2.29. The van der Waals surface area contributed by atoms with Gasteiger partial charge in [0.1, 0.15) is 11.8 Å². The lowest BCUT2D eigenvalue weighted by molar-refractivity contribution is -0.137. The third kappa shape index (κ3) is 2.93. The van der Waals surface area contributed by atoms with Crippen LogP contribution in [-0.4, -0.2) is 65.2 Å². The Labute approximate surface area is 161 Å². The fourth-order valence-corrected chi connectivity index (χ4v) is 3.41. The lowest BCUT2D eigenvalue weighted by Gasteiger charge is -2.24. The first kappa shape index (κ1) is 17.9. The Bertz CT molecular complexity index is 1000. The predicted molar refractivity (Wildman–Crippen MR) is 104 cm³/mol. The van der Waals surface area contributed by atoms with Crippen molar-refractivity contribution in [3.05, 3.63) is 29.8 Å². The minimum Gasteiger partial charge on any atom is -0.369 e. The number of likely N-dealkylation sites (tertiary alicyclic amines) is 1. The van der Waals surface area contributed by atoms with E-state index in [1.807, 2.05) is 6.07 Å². The quantitative estimate of drug-likeness (QED) is 0.664. The minimum absolute atomic E-state index is 0.213. The number of anilines is 1. The van der Waals surface area contributed by atoms with Crippen molar-refractivity contribution < 1.29 is 14.7 Å². The lowest BCUT2D eigenvalue weighted by Crippen LogP contribution is -2.39. The molecule has 0 spiro atoms. The fourth-order valence-electron chi connectivity index (χ4n) is 3.41. The molecule has 0 bridgehead atoms. The van der Waals surface area contributed by atoms with Gasteiger partial charge in [0, 0.05) is 31.8 Å². The summed E-state index contributed by atoms with van der Waals surface area (Å²) in [6, 6.07) is 6.83. The van der Waals surface area contributed by atoms with E-state index in [0.717, 1.165) is 0 Å². The molecular weight excluding hydrogens is 360 g/mol. The monoisotopic (exact) mass is 378 g/mol. The summed E-state index contributed by atoms with van der Waals surface area (Å²) in [5.74, 6) is 4.20. The standard InChI is InChI=1S/C19H18N6O3/c1-24-8-7-19(28,18(24)27)6-5-12-3-2-4-13(9-12)25-15-11-22-21-10-14(15)16(23-25)17(20)26/h2-4,9-11,14-15,28H,7-8H2,1H3,(H2,20,26)/t14?,15?,19-/m0/s1. The van der Waals surface area contributed by atoms with Crippen molar-refractivity contribution in [1.29, 1.82) is 0 Å². The first-order chi connectivity index (χ1) is 13.4. The zero-order chi connectivity index (χ0) is 19.9. The number of likely N-dealkylation sites (N-methyl/N-ethyl adjacent to an activating group) is 1. The second-order valence-electron chi connectivity index (χ2n) is 6.88. The van der Waals surface area contributed by atoms with Crippen LogP contribution in [0.5, 0.6) is 0 Å². The van der Waals surface area contributed by atoms with Gasteiger partial charge in [-0.3, -0.25) is 14.6 Å². The molecule has 3 aliphatic heterocycles. The zero-order valence-electron chi connectivity index (χ0n) is 15.1. The highest BCUT2D eigenvalue weighted by atomic mass is 16.3. The Kier molecular flexibility index (Phi) is 4.20. The van der Waals surface area contributed by atoms with Crippen molar-refractivity contribution in [1.82, 2.24) is 4.90 Å². The van der Waals surface area contributed by atoms with Gasteiger partial charge in [0.2, 0.25) is 5.60 Å². The summed E-state index contributed by atoms with van der Waals surface area (Å²) in [6.07, 6.45) is 3.43. The number of amides is 2. The molecule has 1 saturated heterocycles. The van der Waals surface area contributed by atoms with Crippen LogP contribution in [0.3, 0.4) is 0 Å². The first-order valence-electron chi connectivity index (χ1n) is 8.74. The van der Waals surface area contributed by atoms with E-state index in [1.165, 1.54) is 4.90 Å². The van der Waals surface area contributed by atoms with Gasteiger partial charge in [-0.1, -0.05) is 17.9 Å². The summed E-state index contributed by atoms with van der Waals surface area (Å²) in [5.41, 5.74) is 5.28. The van der Waals surface area contributed by atoms with Crippen molar-refractivity contribution in [2.24, 2.45) is 27.0 Å². The molecule has 0 aromatic heterocycles. The molecule has 0 radical (unpaired) electrons. The molecule has 1 aromatic carbocycles. The number of nitrogens with zero attached hydrogens (tertiary/aromatic N) is 5. The van der Waals surface area contributed by atoms with Crippen LogP contribution in [-0.2, 0) is 9.59 Å². The number of nitrogens with two attached hydrogens (primary N) is 1. The van der Waals surface area contributed by atoms with Crippen LogP contribution in [0.4, 0.5) is 5.69 Å². The third-order valence-electron chi connectivity index (χ3n) is 4.98. The number of fused-ring (bicyclic) bond motifs is 1. The van der Waals surface area contributed by atoms with E-state index in [0.29, 0.717) is 17.8 Å². The first-order valence-corrected chi connectivity index (χ1v) is 8.74. The number of carbonyl (C=O) groups is 2. The van der Waals surface area contributed by atoms with Gasteiger partial charge in [-0.05, 0) is 18.2 Å². The van der Waals surface area contributed by atoms with Crippen LogP contribution in [0.1, 0.15) is 12.0 Å². The van der Waals surface area contributed by atoms with Crippen LogP contribution in [0.2, 0.25) is 0 Å². The second-order valence-corrected chi connectivity index (χ2v) is 6.88. The number of hydrazone groups is 1. The van der Waals surface area contributed by atoms with Crippen LogP contribution in [0.15, 0.2) is 39.6 Å². The summed E-state index contributed by atoms with van der Waals surface area (Å²) in [4.78, 5) is 25.2. The van der Waals surface area contributed by atoms with E-state index in [1.54, 1.807) is 42.7 Å². The predicted octanol–water partition coefficient (Wildman–Crippen LogP) is -0.652. The van der Waals surface area contributed by atoms with Crippen LogP contribution in [0, 0.1) is 17.8 Å². The Hall–Kier alpha value is -3.51. The van der Waals surface area contributed by atoms with Crippen LogP contribution >= 0.6 is 0 Å². The maximum atomic E-state index is 12.1. The van der Waals surface area contributed by atoms with E-state index in [2.05, 4.69) is 27.1 Å². The van der Waals surface area contributed by atoms with Crippen molar-refractivity contribution in [2.75, 3.05) is 18.6 Å². The summed E-state index contributed by atoms with van der Waals surface area (Å²) >= 11 is 0. The molecule has 142 valence electrons. The molecule has 2 amide bonds. The minimum atomic E-state index is -1.66. The highest BCUT2D eigenvalue weighted by molar-refractivity contribution is 6.43. The third-order valence-corrected chi connectivity index (χ3v) is 4.98. The molecule has 28 heavy (non-hydrogen) atoms. The Morgan fingerprint density at radius 1 is 1.36 bits per heavy atom. The number of hydrogen-bond acceptors (Lipinski definition) is 7. The molecule has 1 aromatic rings. The Morgan fingerprint density at radius 3 is 2.86 bits per heavy atom. The second kappa shape index (κ2) is 6.58. The van der Waals surface area contributed by atoms with E-state index >= 15 is 0 Å². The molecule has 4 rings (SSSR count). The van der Waals surface area contributed by atoms with Gasteiger partial charge in [0.15, 0.2) is 0 Å². The van der Waals surface area contributed by atoms with Crippen LogP contribution < -0.4 is 10.7 Å². The molecule has 1 fully saturated rings. The van der Waals surface area contributed by atoms with Crippen molar-refractivity contribution in [3.63, 3.8) is 0 Å². The highest BCUT2D eigenvalue weighted by Gasteiger charge is 2.42. The van der Waals surface area contributed by atoms with E-state index in [4.69, 9.17) is 5.73 Å². The largest absolute Gasteiger partial charge is 0.369 e. The number of aliphatic hydroxyl groups is 1. The smallest absolute Gasteiger partial charge is 0.267 e. The summed E-state index contributed by atoms with van der Waals surface area (Å²) < 4.78 is 0. The summed E-state index contributed by atoms with van der Waals surface area (Å²) in [6.45, 7) is 0.465. The van der Waals surface area contributed by atoms with Gasteiger partial charge in [-0.15, -0.1) is 0 Å². The number of benzene rings is 1. The molecule has 0 aliphatic carbocycles. The van der Waals surface area contributed by atoms with E-state index in [9.17, 15) is 14.7 Å². The van der Waals surface area contributed by atoms with Gasteiger partial charge in [0.25, 0.3) is 11.8 Å². The average Bonchev–Trinajstić information content (AvgIpc) is 3.21. The molecule has 3 N–H and O–H groups in total. The topological polar surface area (TPSA) is 124 Å². The maximum absolute atomic E-state index is 12.1.